The molecule has 3 amide bonds. The molecule has 1 fully saturated rings. The first kappa shape index (κ1) is 18.3. The Kier molecular flexibility index (Phi) is 4.43. The third-order valence-corrected chi connectivity index (χ3v) is 5.53. The quantitative estimate of drug-likeness (QED) is 0.689. The first-order valence-electron chi connectivity index (χ1n) is 9.96. The SMILES string of the molecule is O=C(CNC(=O)[C@H]1c2ccccc2C(=O)N1C1CC1)Nc1cccc2ncccc12. The zero-order valence-electron chi connectivity index (χ0n) is 16.2. The number of benzene rings is 2. The van der Waals surface area contributed by atoms with Crippen LogP contribution in [0.15, 0.2) is 60.8 Å². The van der Waals surface area contributed by atoms with Crippen molar-refractivity contribution in [2.24, 2.45) is 0 Å². The highest BCUT2D eigenvalue weighted by Crippen LogP contribution is 2.41. The molecule has 0 saturated heterocycles. The Morgan fingerprint density at radius 3 is 2.70 bits per heavy atom. The Hall–Kier alpha value is -3.74. The predicted molar refractivity (Wildman–Crippen MR) is 112 cm³/mol. The molecule has 7 heteroatoms. The van der Waals surface area contributed by atoms with Crippen LogP contribution in [-0.2, 0) is 9.59 Å². The normalized spacial score (nSPS) is 17.7. The van der Waals surface area contributed by atoms with Gasteiger partial charge >= 0.3 is 0 Å². The van der Waals surface area contributed by atoms with Crippen LogP contribution in [-0.4, -0.2) is 40.2 Å². The van der Waals surface area contributed by atoms with Gasteiger partial charge in [0.05, 0.1) is 17.7 Å². The summed E-state index contributed by atoms with van der Waals surface area (Å²) in [6.45, 7) is -0.180. The second-order valence-corrected chi connectivity index (χ2v) is 7.58. The number of hydrogen-bond acceptors (Lipinski definition) is 4. The Labute approximate surface area is 173 Å². The molecule has 2 aliphatic rings. The van der Waals surface area contributed by atoms with Crippen LogP contribution in [0.5, 0.6) is 0 Å². The number of amides is 3. The number of nitrogens with one attached hydrogen (secondary N) is 2. The van der Waals surface area contributed by atoms with Crippen LogP contribution in [0.2, 0.25) is 0 Å². The van der Waals surface area contributed by atoms with Crippen molar-refractivity contribution in [1.82, 2.24) is 15.2 Å². The summed E-state index contributed by atoms with van der Waals surface area (Å²) >= 11 is 0. The molecule has 0 unspecified atom stereocenters. The summed E-state index contributed by atoms with van der Waals surface area (Å²) in [5.74, 6) is -0.786. The Morgan fingerprint density at radius 1 is 1.03 bits per heavy atom. The zero-order valence-corrected chi connectivity index (χ0v) is 16.2. The predicted octanol–water partition coefficient (Wildman–Crippen LogP) is 2.65. The van der Waals surface area contributed by atoms with E-state index in [9.17, 15) is 14.4 Å². The van der Waals surface area contributed by atoms with Gasteiger partial charge < -0.3 is 15.5 Å². The second kappa shape index (κ2) is 7.26. The van der Waals surface area contributed by atoms with Gasteiger partial charge in [-0.25, -0.2) is 0 Å². The molecule has 0 spiro atoms. The van der Waals surface area contributed by atoms with E-state index in [1.165, 1.54) is 0 Å². The third-order valence-electron chi connectivity index (χ3n) is 5.53. The average Bonchev–Trinajstić information content (AvgIpc) is 3.56. The number of rotatable bonds is 5. The van der Waals surface area contributed by atoms with Crippen LogP contribution in [0.3, 0.4) is 0 Å². The topological polar surface area (TPSA) is 91.4 Å². The molecule has 1 saturated carbocycles. The second-order valence-electron chi connectivity index (χ2n) is 7.58. The van der Waals surface area contributed by atoms with E-state index >= 15 is 0 Å². The molecule has 7 nitrogen and oxygen atoms in total. The van der Waals surface area contributed by atoms with E-state index in [4.69, 9.17) is 0 Å². The minimum Gasteiger partial charge on any atom is -0.345 e. The first-order valence-corrected chi connectivity index (χ1v) is 9.96. The van der Waals surface area contributed by atoms with Gasteiger partial charge in [-0.3, -0.25) is 19.4 Å². The lowest BCUT2D eigenvalue weighted by atomic mass is 10.0. The Morgan fingerprint density at radius 2 is 1.87 bits per heavy atom. The van der Waals surface area contributed by atoms with Gasteiger partial charge in [0.1, 0.15) is 6.04 Å². The van der Waals surface area contributed by atoms with E-state index < -0.39 is 6.04 Å². The molecule has 0 bridgehead atoms. The van der Waals surface area contributed by atoms with E-state index in [0.29, 0.717) is 16.8 Å². The average molecular weight is 400 g/mol. The molecule has 30 heavy (non-hydrogen) atoms. The van der Waals surface area contributed by atoms with E-state index in [2.05, 4.69) is 15.6 Å². The van der Waals surface area contributed by atoms with Gasteiger partial charge in [0.2, 0.25) is 11.8 Å². The number of nitrogens with zero attached hydrogens (tertiary/aromatic N) is 2. The van der Waals surface area contributed by atoms with Gasteiger partial charge in [-0.05, 0) is 48.7 Å². The lowest BCUT2D eigenvalue weighted by molar-refractivity contribution is -0.127. The summed E-state index contributed by atoms with van der Waals surface area (Å²) in [5.41, 5.74) is 2.69. The lowest BCUT2D eigenvalue weighted by Gasteiger charge is -2.24. The molecule has 2 heterocycles. The Balaban J connectivity index is 1.30. The molecule has 1 atom stereocenters. The van der Waals surface area contributed by atoms with Crippen LogP contribution < -0.4 is 10.6 Å². The van der Waals surface area contributed by atoms with Crippen LogP contribution in [0.1, 0.15) is 34.8 Å². The largest absolute Gasteiger partial charge is 0.345 e. The molecule has 2 N–H and O–H groups in total. The van der Waals surface area contributed by atoms with Gasteiger partial charge in [-0.2, -0.15) is 0 Å². The summed E-state index contributed by atoms with van der Waals surface area (Å²) in [7, 11) is 0. The van der Waals surface area contributed by atoms with E-state index in [1.807, 2.05) is 30.3 Å². The number of aromatic nitrogens is 1. The van der Waals surface area contributed by atoms with Crippen molar-refractivity contribution in [3.63, 3.8) is 0 Å². The smallest absolute Gasteiger partial charge is 0.255 e. The lowest BCUT2D eigenvalue weighted by Crippen LogP contribution is -2.42. The molecule has 1 aromatic heterocycles. The van der Waals surface area contributed by atoms with Gasteiger partial charge in [-0.1, -0.05) is 24.3 Å². The van der Waals surface area contributed by atoms with Crippen LogP contribution >= 0.6 is 0 Å². The van der Waals surface area contributed by atoms with Crippen molar-refractivity contribution in [1.29, 1.82) is 0 Å². The molecule has 5 rings (SSSR count). The minimum absolute atomic E-state index is 0.0951. The number of anilines is 1. The van der Waals surface area contributed by atoms with Crippen LogP contribution in [0.25, 0.3) is 10.9 Å². The van der Waals surface area contributed by atoms with Crippen molar-refractivity contribution in [2.45, 2.75) is 24.9 Å². The van der Waals surface area contributed by atoms with Gasteiger partial charge in [0.25, 0.3) is 5.91 Å². The molecule has 1 aliphatic carbocycles. The van der Waals surface area contributed by atoms with Crippen molar-refractivity contribution in [2.75, 3.05) is 11.9 Å². The van der Waals surface area contributed by atoms with Crippen molar-refractivity contribution >= 4 is 34.3 Å². The molecular weight excluding hydrogens is 380 g/mol. The molecule has 2 aromatic carbocycles. The third kappa shape index (κ3) is 3.18. The fourth-order valence-electron chi connectivity index (χ4n) is 4.00. The fraction of sp³-hybridized carbons (Fsp3) is 0.217. The summed E-state index contributed by atoms with van der Waals surface area (Å²) in [6, 6.07) is 15.8. The molecular formula is C23H20N4O3. The van der Waals surface area contributed by atoms with Crippen molar-refractivity contribution < 1.29 is 14.4 Å². The first-order chi connectivity index (χ1) is 14.6. The van der Waals surface area contributed by atoms with Crippen molar-refractivity contribution in [3.8, 4) is 0 Å². The molecule has 3 aromatic rings. The standard InChI is InChI=1S/C23H20N4O3/c28-20(26-19-9-3-8-18-17(19)7-4-12-24-18)13-25-22(29)21-15-5-1-2-6-16(15)23(30)27(21)14-10-11-14/h1-9,12,14,21H,10-11,13H2,(H,25,29)(H,26,28)/t21-/m1/s1. The highest BCUT2D eigenvalue weighted by Gasteiger charge is 2.47. The maximum Gasteiger partial charge on any atom is 0.255 e. The van der Waals surface area contributed by atoms with Gasteiger partial charge in [0.15, 0.2) is 0 Å². The molecule has 1 aliphatic heterocycles. The number of carbonyl (C=O) groups excluding carboxylic acids is 3. The van der Waals surface area contributed by atoms with Crippen molar-refractivity contribution in [3.05, 3.63) is 71.9 Å². The van der Waals surface area contributed by atoms with E-state index in [1.54, 1.807) is 35.4 Å². The summed E-state index contributed by atoms with van der Waals surface area (Å²) in [6.07, 6.45) is 3.50. The zero-order chi connectivity index (χ0) is 20.7. The number of fused-ring (bicyclic) bond motifs is 2. The molecule has 150 valence electrons. The monoisotopic (exact) mass is 400 g/mol. The summed E-state index contributed by atoms with van der Waals surface area (Å²) in [4.78, 5) is 44.2. The molecule has 0 radical (unpaired) electrons. The number of pyridine rings is 1. The summed E-state index contributed by atoms with van der Waals surface area (Å²) in [5, 5.41) is 6.37. The van der Waals surface area contributed by atoms with Gasteiger partial charge in [-0.15, -0.1) is 0 Å². The fourth-order valence-corrected chi connectivity index (χ4v) is 4.00. The highest BCUT2D eigenvalue weighted by molar-refractivity contribution is 6.06. The van der Waals surface area contributed by atoms with E-state index in [0.717, 1.165) is 23.7 Å². The maximum absolute atomic E-state index is 13.0. The van der Waals surface area contributed by atoms with Crippen LogP contribution in [0, 0.1) is 0 Å². The number of carbonyl (C=O) groups is 3. The van der Waals surface area contributed by atoms with E-state index in [-0.39, 0.29) is 30.3 Å². The minimum atomic E-state index is -0.684. The Bertz CT molecular complexity index is 1170. The highest BCUT2D eigenvalue weighted by atomic mass is 16.2. The van der Waals surface area contributed by atoms with Crippen LogP contribution in [0.4, 0.5) is 5.69 Å². The maximum atomic E-state index is 13.0. The van der Waals surface area contributed by atoms with Gasteiger partial charge in [0, 0.05) is 23.2 Å². The number of hydrogen-bond donors (Lipinski definition) is 2. The summed E-state index contributed by atoms with van der Waals surface area (Å²) < 4.78 is 0.